The van der Waals surface area contributed by atoms with Crippen LogP contribution in [-0.4, -0.2) is 65.2 Å². The highest BCUT2D eigenvalue weighted by Crippen LogP contribution is 2.55. The first kappa shape index (κ1) is 29.8. The molecule has 0 heterocycles. The summed E-state index contributed by atoms with van der Waals surface area (Å²) >= 11 is 6.21. The Labute approximate surface area is 238 Å². The number of carbonyl (C=O) groups is 2. The van der Waals surface area contributed by atoms with Crippen LogP contribution in [0, 0.1) is 35.2 Å². The molecule has 3 unspecified atom stereocenters. The van der Waals surface area contributed by atoms with Gasteiger partial charge >= 0.3 is 0 Å². The second-order valence-electron chi connectivity index (χ2n) is 11.1. The first-order chi connectivity index (χ1) is 19.2. The summed E-state index contributed by atoms with van der Waals surface area (Å²) in [6.07, 6.45) is -0.969. The third-order valence-electron chi connectivity index (χ3n) is 8.67. The molecule has 2 bridgehead atoms. The molecule has 9 nitrogen and oxygen atoms in total. The second kappa shape index (κ2) is 10.8. The average molecular weight is 617 g/mol. The van der Waals surface area contributed by atoms with E-state index in [1.54, 1.807) is 0 Å². The molecule has 4 saturated carbocycles. The fourth-order valence-corrected chi connectivity index (χ4v) is 8.65. The lowest BCUT2D eigenvalue weighted by Crippen LogP contribution is -2.66. The van der Waals surface area contributed by atoms with E-state index in [0.29, 0.717) is 18.6 Å². The van der Waals surface area contributed by atoms with E-state index in [-0.39, 0.29) is 53.4 Å². The van der Waals surface area contributed by atoms with E-state index in [2.05, 4.69) is 10.6 Å². The Hall–Kier alpha value is -2.71. The molecule has 2 aromatic rings. The maximum Gasteiger partial charge on any atom is 0.255 e. The summed E-state index contributed by atoms with van der Waals surface area (Å²) in [7, 11) is -4.09. The Balaban J connectivity index is 1.26. The Morgan fingerprint density at radius 2 is 1.54 bits per heavy atom. The lowest BCUT2D eigenvalue weighted by atomic mass is 9.53. The van der Waals surface area contributed by atoms with Crippen LogP contribution in [-0.2, 0) is 14.6 Å². The molecule has 0 radical (unpaired) electrons. The zero-order chi connectivity index (χ0) is 29.9. The summed E-state index contributed by atoms with van der Waals surface area (Å²) in [5.74, 6) is -7.43. The van der Waals surface area contributed by atoms with Crippen LogP contribution in [0.2, 0.25) is 5.02 Å². The molecule has 0 aromatic heterocycles. The first-order valence-corrected chi connectivity index (χ1v) is 15.0. The van der Waals surface area contributed by atoms with E-state index in [0.717, 1.165) is 6.07 Å². The maximum absolute atomic E-state index is 13.6. The summed E-state index contributed by atoms with van der Waals surface area (Å²) in [6.45, 7) is -0.0857. The van der Waals surface area contributed by atoms with Crippen molar-refractivity contribution in [2.24, 2.45) is 17.8 Å². The number of hydrogen-bond donors (Lipinski definition) is 5. The number of hydrogen-bond acceptors (Lipinski definition) is 7. The number of carbonyl (C=O) groups excluding carboxylic acids is 2. The minimum atomic E-state index is -4.09. The van der Waals surface area contributed by atoms with Crippen molar-refractivity contribution in [3.63, 3.8) is 0 Å². The lowest BCUT2D eigenvalue weighted by Gasteiger charge is -2.58. The molecule has 222 valence electrons. The van der Waals surface area contributed by atoms with Crippen molar-refractivity contribution in [3.05, 3.63) is 58.4 Å². The first-order valence-electron chi connectivity index (χ1n) is 13.1. The molecular formula is C27H28ClF3N2O7S. The van der Waals surface area contributed by atoms with Gasteiger partial charge in [-0.15, -0.1) is 0 Å². The molecule has 14 heteroatoms. The number of amides is 2. The number of anilines is 1. The van der Waals surface area contributed by atoms with E-state index >= 15 is 0 Å². The Morgan fingerprint density at radius 1 is 0.951 bits per heavy atom. The monoisotopic (exact) mass is 616 g/mol. The molecule has 5 atom stereocenters. The summed E-state index contributed by atoms with van der Waals surface area (Å²) in [6, 6.07) is 4.67. The molecule has 4 aliphatic rings. The maximum atomic E-state index is 13.6. The smallest absolute Gasteiger partial charge is 0.255 e. The predicted octanol–water partition coefficient (Wildman–Crippen LogP) is 2.56. The number of halogens is 4. The van der Waals surface area contributed by atoms with Crippen molar-refractivity contribution in [3.8, 4) is 0 Å². The van der Waals surface area contributed by atoms with Gasteiger partial charge < -0.3 is 26.0 Å². The molecule has 2 amide bonds. The molecule has 41 heavy (non-hydrogen) atoms. The zero-order valence-electron chi connectivity index (χ0n) is 21.5. The van der Waals surface area contributed by atoms with E-state index < -0.39 is 79.9 Å². The normalized spacial score (nSPS) is 30.9. The van der Waals surface area contributed by atoms with Crippen molar-refractivity contribution in [2.75, 3.05) is 11.9 Å². The van der Waals surface area contributed by atoms with Gasteiger partial charge in [0.05, 0.1) is 33.0 Å². The van der Waals surface area contributed by atoms with Crippen molar-refractivity contribution in [1.82, 2.24) is 5.32 Å². The molecule has 0 aliphatic heterocycles. The van der Waals surface area contributed by atoms with Crippen molar-refractivity contribution in [1.29, 1.82) is 0 Å². The van der Waals surface area contributed by atoms with Crippen LogP contribution in [0.4, 0.5) is 18.9 Å². The Kier molecular flexibility index (Phi) is 7.88. The van der Waals surface area contributed by atoms with Crippen LogP contribution in [0.5, 0.6) is 0 Å². The molecule has 4 aliphatic carbocycles. The second-order valence-corrected chi connectivity index (χ2v) is 13.7. The molecule has 4 fully saturated rings. The lowest BCUT2D eigenvalue weighted by molar-refractivity contribution is -0.174. The van der Waals surface area contributed by atoms with Gasteiger partial charge in [-0.1, -0.05) is 11.6 Å². The molecule has 5 N–H and O–H groups in total. The highest BCUT2D eigenvalue weighted by atomic mass is 35.5. The molecule has 0 saturated heterocycles. The largest absolute Gasteiger partial charge is 0.390 e. The summed E-state index contributed by atoms with van der Waals surface area (Å²) in [5.41, 5.74) is -1.84. The van der Waals surface area contributed by atoms with E-state index in [4.69, 9.17) is 11.6 Å². The van der Waals surface area contributed by atoms with Crippen molar-refractivity contribution >= 4 is 38.9 Å². The van der Waals surface area contributed by atoms with E-state index in [1.807, 2.05) is 0 Å². The van der Waals surface area contributed by atoms with Gasteiger partial charge in [-0.05, 0) is 62.1 Å². The fraction of sp³-hybridized carbons (Fsp3) is 0.481. The van der Waals surface area contributed by atoms with Crippen LogP contribution in [0.25, 0.3) is 0 Å². The van der Waals surface area contributed by atoms with Crippen LogP contribution in [0.3, 0.4) is 0 Å². The van der Waals surface area contributed by atoms with Gasteiger partial charge in [0.1, 0.15) is 0 Å². The number of sulfone groups is 1. The number of aliphatic hydroxyl groups excluding tert-OH is 2. The number of benzene rings is 2. The molecular weight excluding hydrogens is 589 g/mol. The van der Waals surface area contributed by atoms with Crippen LogP contribution in [0.1, 0.15) is 42.5 Å². The number of nitrogens with one attached hydrogen (secondary N) is 2. The van der Waals surface area contributed by atoms with Gasteiger partial charge in [0, 0.05) is 35.8 Å². The topological polar surface area (TPSA) is 153 Å². The Bertz CT molecular complexity index is 1460. The van der Waals surface area contributed by atoms with Crippen LogP contribution >= 0.6 is 11.6 Å². The van der Waals surface area contributed by atoms with Gasteiger partial charge in [-0.2, -0.15) is 0 Å². The SMILES string of the molecule is O=C(Nc1cc(F)c(F)c(F)c1)c1ccc(Cl)c(S(=O)(=O)C2CC3CC(C2)C3(O)CNC(=O)C2C[C@@H](O)[C@@H](O)C2)c1. The summed E-state index contributed by atoms with van der Waals surface area (Å²) < 4.78 is 67.5. The van der Waals surface area contributed by atoms with Gasteiger partial charge in [-0.3, -0.25) is 9.59 Å². The third-order valence-corrected chi connectivity index (χ3v) is 11.3. The van der Waals surface area contributed by atoms with Gasteiger partial charge in [0.15, 0.2) is 27.3 Å². The molecule has 0 spiro atoms. The molecule has 6 rings (SSSR count). The van der Waals surface area contributed by atoms with Gasteiger partial charge in [-0.25, -0.2) is 21.6 Å². The minimum Gasteiger partial charge on any atom is -0.390 e. The standard InChI is InChI=1S/C27H28ClF3N2O7S/c28-18-2-1-12(26(37)33-16-9-19(29)24(31)20(30)10-16)5-23(18)41(39,40)17-7-14-6-15(8-17)27(14,38)11-32-25(36)13-3-21(34)22(35)4-13/h1-2,5,9-10,13-15,17,21-22,34-35,38H,3-4,6-8,11H2,(H,32,36)(H,33,37)/t13?,14?,15?,17?,21-,22+,27?. The van der Waals surface area contributed by atoms with E-state index in [1.165, 1.54) is 12.1 Å². The summed E-state index contributed by atoms with van der Waals surface area (Å²) in [5, 5.41) is 34.5. The quantitative estimate of drug-likeness (QED) is 0.300. The third kappa shape index (κ3) is 5.45. The van der Waals surface area contributed by atoms with Gasteiger partial charge in [0.25, 0.3) is 5.91 Å². The Morgan fingerprint density at radius 3 is 2.12 bits per heavy atom. The predicted molar refractivity (Wildman–Crippen MR) is 140 cm³/mol. The van der Waals surface area contributed by atoms with Crippen LogP contribution in [0.15, 0.2) is 35.2 Å². The van der Waals surface area contributed by atoms with Crippen LogP contribution < -0.4 is 10.6 Å². The van der Waals surface area contributed by atoms with Crippen molar-refractivity contribution in [2.45, 2.75) is 60.1 Å². The van der Waals surface area contributed by atoms with E-state index in [9.17, 15) is 46.5 Å². The highest BCUT2D eigenvalue weighted by Gasteiger charge is 2.60. The number of fused-ring (bicyclic) bond motifs is 2. The zero-order valence-corrected chi connectivity index (χ0v) is 23.1. The highest BCUT2D eigenvalue weighted by molar-refractivity contribution is 7.92. The van der Waals surface area contributed by atoms with Gasteiger partial charge in [0.2, 0.25) is 5.91 Å². The minimum absolute atomic E-state index is 0.0857. The van der Waals surface area contributed by atoms with Crippen molar-refractivity contribution < 1.29 is 46.5 Å². The fourth-order valence-electron chi connectivity index (χ4n) is 6.25. The summed E-state index contributed by atoms with van der Waals surface area (Å²) in [4.78, 5) is 24.9. The number of rotatable bonds is 7. The molecule has 2 aromatic carbocycles. The number of aliphatic hydroxyl groups is 3. The average Bonchev–Trinajstić information content (AvgIpc) is 3.27.